The van der Waals surface area contributed by atoms with Gasteiger partial charge < -0.3 is 0 Å². The second kappa shape index (κ2) is 7.46. The molecule has 0 amide bonds. The van der Waals surface area contributed by atoms with Crippen molar-refractivity contribution >= 4 is 0 Å². The number of rotatable bonds is 3. The Morgan fingerprint density at radius 1 is 0.667 bits per heavy atom. The van der Waals surface area contributed by atoms with Gasteiger partial charge in [0.2, 0.25) is 0 Å². The summed E-state index contributed by atoms with van der Waals surface area (Å²) >= 11 is 0. The van der Waals surface area contributed by atoms with Gasteiger partial charge in [-0.3, -0.25) is 0 Å². The highest BCUT2D eigenvalue weighted by atomic mass is 19.2. The van der Waals surface area contributed by atoms with E-state index in [2.05, 4.69) is 6.08 Å². The van der Waals surface area contributed by atoms with Crippen molar-refractivity contribution in [3.05, 3.63) is 11.6 Å². The van der Waals surface area contributed by atoms with E-state index < -0.39 is 12.3 Å². The SMILES string of the molecule is FC1CCC(C2=CCC(C3CCC(C4CCC4)CC3)CC2)CC1F. The molecule has 0 bridgehead atoms. The molecule has 4 aliphatic carbocycles. The molecule has 3 saturated carbocycles. The maximum absolute atomic E-state index is 13.7. The molecule has 0 aromatic carbocycles. The van der Waals surface area contributed by atoms with Crippen molar-refractivity contribution in [3.8, 4) is 0 Å². The average molecular weight is 337 g/mol. The summed E-state index contributed by atoms with van der Waals surface area (Å²) in [6.07, 6.45) is 15.7. The molecule has 0 heterocycles. The molecule has 136 valence electrons. The van der Waals surface area contributed by atoms with Crippen LogP contribution in [0.2, 0.25) is 0 Å². The fourth-order valence-electron chi connectivity index (χ4n) is 6.09. The second-order valence-corrected chi connectivity index (χ2v) is 9.22. The van der Waals surface area contributed by atoms with Crippen molar-refractivity contribution in [3.63, 3.8) is 0 Å². The minimum Gasteiger partial charge on any atom is -0.244 e. The molecule has 0 spiro atoms. The third-order valence-electron chi connectivity index (χ3n) is 8.00. The Bertz CT molecular complexity index is 445. The number of alkyl halides is 2. The van der Waals surface area contributed by atoms with Crippen LogP contribution < -0.4 is 0 Å². The van der Waals surface area contributed by atoms with E-state index in [1.165, 1.54) is 63.4 Å². The molecule has 4 unspecified atom stereocenters. The van der Waals surface area contributed by atoms with Crippen molar-refractivity contribution in [2.24, 2.45) is 29.6 Å². The Morgan fingerprint density at radius 2 is 1.33 bits per heavy atom. The molecule has 4 aliphatic rings. The van der Waals surface area contributed by atoms with Gasteiger partial charge in [0.15, 0.2) is 0 Å². The molecular formula is C22H34F2. The van der Waals surface area contributed by atoms with E-state index in [0.717, 1.165) is 36.5 Å². The lowest BCUT2D eigenvalue weighted by Crippen LogP contribution is -2.31. The maximum atomic E-state index is 13.7. The normalized spacial score (nSPS) is 44.7. The highest BCUT2D eigenvalue weighted by Gasteiger charge is 2.36. The monoisotopic (exact) mass is 336 g/mol. The van der Waals surface area contributed by atoms with Crippen LogP contribution in [0.4, 0.5) is 8.78 Å². The van der Waals surface area contributed by atoms with Gasteiger partial charge in [0.05, 0.1) is 0 Å². The van der Waals surface area contributed by atoms with Crippen LogP contribution in [0.25, 0.3) is 0 Å². The zero-order valence-electron chi connectivity index (χ0n) is 15.1. The molecular weight excluding hydrogens is 302 g/mol. The van der Waals surface area contributed by atoms with E-state index >= 15 is 0 Å². The van der Waals surface area contributed by atoms with Gasteiger partial charge in [-0.05, 0) is 93.8 Å². The Labute approximate surface area is 146 Å². The van der Waals surface area contributed by atoms with Gasteiger partial charge in [-0.1, -0.05) is 30.9 Å². The summed E-state index contributed by atoms with van der Waals surface area (Å²) in [5, 5.41) is 0. The molecule has 0 N–H and O–H groups in total. The van der Waals surface area contributed by atoms with Crippen molar-refractivity contribution in [1.29, 1.82) is 0 Å². The molecule has 0 aromatic rings. The van der Waals surface area contributed by atoms with Gasteiger partial charge in [-0.15, -0.1) is 0 Å². The Hall–Kier alpha value is -0.400. The van der Waals surface area contributed by atoms with Crippen LogP contribution in [0.15, 0.2) is 11.6 Å². The highest BCUT2D eigenvalue weighted by molar-refractivity contribution is 5.13. The van der Waals surface area contributed by atoms with Gasteiger partial charge in [-0.2, -0.15) is 0 Å². The van der Waals surface area contributed by atoms with Gasteiger partial charge in [0.1, 0.15) is 12.3 Å². The Morgan fingerprint density at radius 3 is 1.88 bits per heavy atom. The molecule has 0 aromatic heterocycles. The summed E-state index contributed by atoms with van der Waals surface area (Å²) in [5.41, 5.74) is 1.46. The summed E-state index contributed by atoms with van der Waals surface area (Å²) < 4.78 is 27.0. The number of halogens is 2. The Balaban J connectivity index is 1.26. The van der Waals surface area contributed by atoms with E-state index in [9.17, 15) is 8.78 Å². The topological polar surface area (TPSA) is 0 Å². The van der Waals surface area contributed by atoms with Gasteiger partial charge in [0.25, 0.3) is 0 Å². The molecule has 4 atom stereocenters. The minimum atomic E-state index is -1.22. The van der Waals surface area contributed by atoms with Crippen LogP contribution in [-0.2, 0) is 0 Å². The van der Waals surface area contributed by atoms with E-state index in [-0.39, 0.29) is 0 Å². The summed E-state index contributed by atoms with van der Waals surface area (Å²) in [6.45, 7) is 0. The van der Waals surface area contributed by atoms with Crippen LogP contribution >= 0.6 is 0 Å². The number of allylic oxidation sites excluding steroid dienone is 2. The number of hydrogen-bond donors (Lipinski definition) is 0. The molecule has 0 aliphatic heterocycles. The zero-order chi connectivity index (χ0) is 16.5. The van der Waals surface area contributed by atoms with E-state index in [0.29, 0.717) is 18.8 Å². The van der Waals surface area contributed by atoms with Crippen LogP contribution in [0.3, 0.4) is 0 Å². The van der Waals surface area contributed by atoms with Crippen molar-refractivity contribution in [1.82, 2.24) is 0 Å². The lowest BCUT2D eigenvalue weighted by Gasteiger charge is -2.41. The molecule has 0 nitrogen and oxygen atoms in total. The molecule has 2 heteroatoms. The average Bonchev–Trinajstić information content (AvgIpc) is 2.57. The summed E-state index contributed by atoms with van der Waals surface area (Å²) in [4.78, 5) is 0. The first-order valence-corrected chi connectivity index (χ1v) is 10.7. The fraction of sp³-hybridized carbons (Fsp3) is 0.909. The van der Waals surface area contributed by atoms with Gasteiger partial charge >= 0.3 is 0 Å². The lowest BCUT2D eigenvalue weighted by molar-refractivity contribution is 0.0947. The van der Waals surface area contributed by atoms with Gasteiger partial charge in [-0.25, -0.2) is 8.78 Å². The van der Waals surface area contributed by atoms with Crippen LogP contribution in [-0.4, -0.2) is 12.3 Å². The third-order valence-corrected chi connectivity index (χ3v) is 8.00. The Kier molecular flexibility index (Phi) is 5.29. The predicted molar refractivity (Wildman–Crippen MR) is 95.3 cm³/mol. The third kappa shape index (κ3) is 3.58. The van der Waals surface area contributed by atoms with Crippen molar-refractivity contribution in [2.75, 3.05) is 0 Å². The summed E-state index contributed by atoms with van der Waals surface area (Å²) in [5.74, 6) is 4.26. The molecule has 3 fully saturated rings. The maximum Gasteiger partial charge on any atom is 0.132 e. The predicted octanol–water partition coefficient (Wildman–Crippen LogP) is 6.80. The first kappa shape index (κ1) is 17.0. The first-order valence-electron chi connectivity index (χ1n) is 10.7. The van der Waals surface area contributed by atoms with E-state index in [1.54, 1.807) is 0 Å². The van der Waals surface area contributed by atoms with Crippen LogP contribution in [0.5, 0.6) is 0 Å². The quantitative estimate of drug-likeness (QED) is 0.497. The zero-order valence-corrected chi connectivity index (χ0v) is 15.1. The minimum absolute atomic E-state index is 0.335. The molecule has 0 radical (unpaired) electrons. The van der Waals surface area contributed by atoms with E-state index in [1.807, 2.05) is 0 Å². The van der Waals surface area contributed by atoms with Crippen molar-refractivity contribution in [2.45, 2.75) is 95.8 Å². The van der Waals surface area contributed by atoms with Crippen LogP contribution in [0.1, 0.15) is 83.5 Å². The molecule has 4 rings (SSSR count). The smallest absolute Gasteiger partial charge is 0.132 e. The first-order chi connectivity index (χ1) is 11.7. The number of hydrogen-bond acceptors (Lipinski definition) is 0. The summed E-state index contributed by atoms with van der Waals surface area (Å²) in [6, 6.07) is 0. The largest absolute Gasteiger partial charge is 0.244 e. The molecule has 0 saturated heterocycles. The van der Waals surface area contributed by atoms with Gasteiger partial charge in [0, 0.05) is 0 Å². The fourth-order valence-corrected chi connectivity index (χ4v) is 6.09. The second-order valence-electron chi connectivity index (χ2n) is 9.22. The van der Waals surface area contributed by atoms with Crippen LogP contribution in [0, 0.1) is 29.6 Å². The standard InChI is InChI=1S/C22H34F2/c23-21-13-12-20(14-22(21)24)19-10-8-18(9-11-19)17-6-4-16(5-7-17)15-2-1-3-15/h10,15-18,20-22H,1-9,11-14H2. The summed E-state index contributed by atoms with van der Waals surface area (Å²) in [7, 11) is 0. The molecule has 24 heavy (non-hydrogen) atoms. The highest BCUT2D eigenvalue weighted by Crippen LogP contribution is 2.47. The lowest BCUT2D eigenvalue weighted by atomic mass is 9.64. The van der Waals surface area contributed by atoms with Crippen molar-refractivity contribution < 1.29 is 8.78 Å². The van der Waals surface area contributed by atoms with E-state index in [4.69, 9.17) is 0 Å².